The van der Waals surface area contributed by atoms with Gasteiger partial charge in [0.25, 0.3) is 0 Å². The molecule has 0 saturated carbocycles. The van der Waals surface area contributed by atoms with Crippen molar-refractivity contribution in [3.05, 3.63) is 12.7 Å². The molecule has 6 nitrogen and oxygen atoms in total. The van der Waals surface area contributed by atoms with Crippen LogP contribution in [0.2, 0.25) is 0 Å². The molecule has 0 saturated heterocycles. The molecule has 86 valence electrons. The van der Waals surface area contributed by atoms with Gasteiger partial charge in [-0.15, -0.1) is 0 Å². The molecule has 3 N–H and O–H groups in total. The molecule has 1 atom stereocenters. The molecule has 0 spiro atoms. The first-order chi connectivity index (χ1) is 7.81. The molecular weight excluding hydrogens is 206 g/mol. The van der Waals surface area contributed by atoms with Gasteiger partial charge in [-0.3, -0.25) is 0 Å². The lowest BCUT2D eigenvalue weighted by Gasteiger charge is -2.09. The van der Waals surface area contributed by atoms with Crippen LogP contribution in [0.4, 0.5) is 5.82 Å². The molecule has 0 aliphatic carbocycles. The predicted molar refractivity (Wildman–Crippen MR) is 61.0 cm³/mol. The van der Waals surface area contributed by atoms with E-state index in [2.05, 4.69) is 25.3 Å². The van der Waals surface area contributed by atoms with E-state index in [1.807, 2.05) is 6.92 Å². The van der Waals surface area contributed by atoms with Gasteiger partial charge in [-0.1, -0.05) is 6.92 Å². The second-order valence-corrected chi connectivity index (χ2v) is 3.83. The average Bonchev–Trinajstić information content (AvgIpc) is 2.77. The molecule has 0 aliphatic rings. The zero-order valence-corrected chi connectivity index (χ0v) is 9.14. The summed E-state index contributed by atoms with van der Waals surface area (Å²) in [6.07, 6.45) is 3.98. The van der Waals surface area contributed by atoms with Gasteiger partial charge in [-0.2, -0.15) is 0 Å². The lowest BCUT2D eigenvalue weighted by Crippen LogP contribution is -2.10. The molecule has 2 aromatic heterocycles. The van der Waals surface area contributed by atoms with Crippen molar-refractivity contribution in [1.82, 2.24) is 19.9 Å². The van der Waals surface area contributed by atoms with Crippen LogP contribution in [0.1, 0.15) is 13.3 Å². The minimum atomic E-state index is 0.213. The Kier molecular flexibility index (Phi) is 3.31. The smallest absolute Gasteiger partial charge is 0.182 e. The number of aliphatic hydroxyl groups excluding tert-OH is 1. The van der Waals surface area contributed by atoms with Crippen LogP contribution in [-0.2, 0) is 0 Å². The normalized spacial score (nSPS) is 12.9. The lowest BCUT2D eigenvalue weighted by molar-refractivity contribution is 0.233. The summed E-state index contributed by atoms with van der Waals surface area (Å²) in [5, 5.41) is 12.1. The maximum absolute atomic E-state index is 8.90. The largest absolute Gasteiger partial charge is 0.396 e. The Labute approximate surface area is 93.1 Å². The molecule has 2 aromatic rings. The Morgan fingerprint density at radius 2 is 2.31 bits per heavy atom. The van der Waals surface area contributed by atoms with Crippen molar-refractivity contribution in [3.63, 3.8) is 0 Å². The van der Waals surface area contributed by atoms with Gasteiger partial charge < -0.3 is 15.4 Å². The minimum Gasteiger partial charge on any atom is -0.396 e. The highest BCUT2D eigenvalue weighted by Gasteiger charge is 2.05. The van der Waals surface area contributed by atoms with Crippen LogP contribution < -0.4 is 5.32 Å². The molecule has 0 fully saturated rings. The van der Waals surface area contributed by atoms with Crippen molar-refractivity contribution >= 4 is 17.0 Å². The van der Waals surface area contributed by atoms with Crippen LogP contribution in [0.3, 0.4) is 0 Å². The number of fused-ring (bicyclic) bond motifs is 1. The number of imidazole rings is 1. The van der Waals surface area contributed by atoms with Crippen LogP contribution in [0.5, 0.6) is 0 Å². The zero-order chi connectivity index (χ0) is 11.4. The lowest BCUT2D eigenvalue weighted by atomic mass is 10.1. The van der Waals surface area contributed by atoms with Crippen molar-refractivity contribution in [2.45, 2.75) is 13.3 Å². The molecular formula is C10H15N5O. The summed E-state index contributed by atoms with van der Waals surface area (Å²) < 4.78 is 0. The van der Waals surface area contributed by atoms with Crippen LogP contribution in [0.15, 0.2) is 12.7 Å². The standard InChI is InChI=1S/C10H15N5O/c1-7(4-16)2-3-11-9-8-10(13-5-12-8)15-6-14-9/h5-7,16H,2-4H2,1H3,(H2,11,12,13,14,15)/t7-/m1/s1. The summed E-state index contributed by atoms with van der Waals surface area (Å²) >= 11 is 0. The minimum absolute atomic E-state index is 0.213. The van der Waals surface area contributed by atoms with Gasteiger partial charge in [0.2, 0.25) is 0 Å². The van der Waals surface area contributed by atoms with Crippen LogP contribution in [-0.4, -0.2) is 38.2 Å². The van der Waals surface area contributed by atoms with Crippen molar-refractivity contribution in [1.29, 1.82) is 0 Å². The van der Waals surface area contributed by atoms with E-state index in [1.165, 1.54) is 6.33 Å². The molecule has 0 aliphatic heterocycles. The van der Waals surface area contributed by atoms with E-state index in [4.69, 9.17) is 5.11 Å². The molecule has 6 heteroatoms. The molecule has 2 rings (SSSR count). The summed E-state index contributed by atoms with van der Waals surface area (Å²) in [4.78, 5) is 15.2. The fraction of sp³-hybridized carbons (Fsp3) is 0.500. The molecule has 0 aromatic carbocycles. The first kappa shape index (κ1) is 10.8. The highest BCUT2D eigenvalue weighted by atomic mass is 16.3. The molecule has 0 amide bonds. The van der Waals surface area contributed by atoms with E-state index in [-0.39, 0.29) is 6.61 Å². The fourth-order valence-corrected chi connectivity index (χ4v) is 1.43. The van der Waals surface area contributed by atoms with Crippen molar-refractivity contribution in [3.8, 4) is 0 Å². The molecule has 0 bridgehead atoms. The fourth-order valence-electron chi connectivity index (χ4n) is 1.43. The maximum Gasteiger partial charge on any atom is 0.182 e. The number of aromatic amines is 1. The van der Waals surface area contributed by atoms with Crippen LogP contribution in [0, 0.1) is 5.92 Å². The van der Waals surface area contributed by atoms with Gasteiger partial charge >= 0.3 is 0 Å². The number of H-pyrrole nitrogens is 1. The number of aliphatic hydroxyl groups is 1. The first-order valence-corrected chi connectivity index (χ1v) is 5.30. The molecule has 0 unspecified atom stereocenters. The maximum atomic E-state index is 8.90. The highest BCUT2D eigenvalue weighted by molar-refractivity contribution is 5.81. The number of rotatable bonds is 5. The van der Waals surface area contributed by atoms with E-state index in [1.54, 1.807) is 6.33 Å². The topological polar surface area (TPSA) is 86.7 Å². The second kappa shape index (κ2) is 4.89. The van der Waals surface area contributed by atoms with Crippen LogP contribution >= 0.6 is 0 Å². The molecule has 2 heterocycles. The summed E-state index contributed by atoms with van der Waals surface area (Å²) in [6, 6.07) is 0. The zero-order valence-electron chi connectivity index (χ0n) is 9.14. The Balaban J connectivity index is 2.01. The number of anilines is 1. The third-order valence-corrected chi connectivity index (χ3v) is 2.46. The third kappa shape index (κ3) is 2.27. The van der Waals surface area contributed by atoms with E-state index < -0.39 is 0 Å². The van der Waals surface area contributed by atoms with E-state index in [0.717, 1.165) is 24.3 Å². The number of hydrogen-bond donors (Lipinski definition) is 3. The summed E-state index contributed by atoms with van der Waals surface area (Å²) in [6.45, 7) is 2.99. The molecule has 0 radical (unpaired) electrons. The van der Waals surface area contributed by atoms with Gasteiger partial charge in [0, 0.05) is 13.2 Å². The van der Waals surface area contributed by atoms with Crippen molar-refractivity contribution < 1.29 is 5.11 Å². The van der Waals surface area contributed by atoms with E-state index in [0.29, 0.717) is 11.6 Å². The summed E-state index contributed by atoms with van der Waals surface area (Å²) in [5.74, 6) is 1.05. The Bertz CT molecular complexity index is 455. The predicted octanol–water partition coefficient (Wildman–Crippen LogP) is 0.783. The summed E-state index contributed by atoms with van der Waals surface area (Å²) in [5.41, 5.74) is 1.48. The Morgan fingerprint density at radius 1 is 1.44 bits per heavy atom. The van der Waals surface area contributed by atoms with Crippen LogP contribution in [0.25, 0.3) is 11.2 Å². The number of nitrogens with one attached hydrogen (secondary N) is 2. The first-order valence-electron chi connectivity index (χ1n) is 5.30. The van der Waals surface area contributed by atoms with Gasteiger partial charge in [-0.05, 0) is 12.3 Å². The van der Waals surface area contributed by atoms with E-state index >= 15 is 0 Å². The average molecular weight is 221 g/mol. The highest BCUT2D eigenvalue weighted by Crippen LogP contribution is 2.14. The van der Waals surface area contributed by atoms with Crippen molar-refractivity contribution in [2.75, 3.05) is 18.5 Å². The molecule has 16 heavy (non-hydrogen) atoms. The number of nitrogens with zero attached hydrogens (tertiary/aromatic N) is 3. The van der Waals surface area contributed by atoms with Gasteiger partial charge in [0.05, 0.1) is 6.33 Å². The number of hydrogen-bond acceptors (Lipinski definition) is 5. The van der Waals surface area contributed by atoms with Gasteiger partial charge in [-0.25, -0.2) is 15.0 Å². The second-order valence-electron chi connectivity index (χ2n) is 3.83. The van der Waals surface area contributed by atoms with Gasteiger partial charge in [0.15, 0.2) is 11.5 Å². The third-order valence-electron chi connectivity index (χ3n) is 2.46. The SMILES string of the molecule is C[C@@H](CO)CCNc1ncnc2nc[nH]c12. The Morgan fingerprint density at radius 3 is 3.12 bits per heavy atom. The quantitative estimate of drug-likeness (QED) is 0.694. The van der Waals surface area contributed by atoms with E-state index in [9.17, 15) is 0 Å². The van der Waals surface area contributed by atoms with Crippen molar-refractivity contribution in [2.24, 2.45) is 5.92 Å². The monoisotopic (exact) mass is 221 g/mol. The summed E-state index contributed by atoms with van der Waals surface area (Å²) in [7, 11) is 0. The number of aromatic nitrogens is 4. The van der Waals surface area contributed by atoms with Gasteiger partial charge in [0.1, 0.15) is 11.8 Å². The Hall–Kier alpha value is -1.69.